The van der Waals surface area contributed by atoms with Gasteiger partial charge >= 0.3 is 0 Å². The number of fused-ring (bicyclic) bond motifs is 1. The fraction of sp³-hybridized carbons (Fsp3) is 0.172. The van der Waals surface area contributed by atoms with Crippen LogP contribution in [-0.2, 0) is 6.42 Å². The summed E-state index contributed by atoms with van der Waals surface area (Å²) in [6.07, 6.45) is 2.23. The van der Waals surface area contributed by atoms with Gasteiger partial charge < -0.3 is 19.5 Å². The van der Waals surface area contributed by atoms with Crippen LogP contribution in [0, 0.1) is 12.7 Å². The lowest BCUT2D eigenvalue weighted by Gasteiger charge is -2.14. The van der Waals surface area contributed by atoms with E-state index >= 15 is 4.39 Å². The molecule has 3 aromatic heterocycles. The molecule has 1 amide bonds. The summed E-state index contributed by atoms with van der Waals surface area (Å²) in [6, 6.07) is 16.4. The zero-order valence-corrected chi connectivity index (χ0v) is 21.9. The van der Waals surface area contributed by atoms with E-state index in [2.05, 4.69) is 20.4 Å². The lowest BCUT2D eigenvalue weighted by atomic mass is 10.1. The van der Waals surface area contributed by atoms with Crippen molar-refractivity contribution in [2.45, 2.75) is 20.3 Å². The Morgan fingerprint density at radius 3 is 2.51 bits per heavy atom. The minimum Gasteiger partial charge on any atom is -0.493 e. The number of hydrogen-bond donors (Lipinski definition) is 1. The highest BCUT2D eigenvalue weighted by Gasteiger charge is 2.18. The van der Waals surface area contributed by atoms with Gasteiger partial charge in [0, 0.05) is 28.5 Å². The van der Waals surface area contributed by atoms with Gasteiger partial charge in [0.1, 0.15) is 5.82 Å². The summed E-state index contributed by atoms with van der Waals surface area (Å²) in [7, 11) is 3.12. The van der Waals surface area contributed by atoms with Crippen molar-refractivity contribution >= 4 is 17.4 Å². The van der Waals surface area contributed by atoms with Crippen molar-refractivity contribution in [2.75, 3.05) is 19.5 Å². The maximum Gasteiger partial charge on any atom is 0.256 e. The third-order valence-corrected chi connectivity index (χ3v) is 6.22. The van der Waals surface area contributed by atoms with Gasteiger partial charge in [0.05, 0.1) is 26.1 Å². The number of aromatic nitrogens is 4. The van der Waals surface area contributed by atoms with Crippen molar-refractivity contribution in [2.24, 2.45) is 0 Å². The number of carbonyl (C=O) groups excluding carboxylic acids is 1. The summed E-state index contributed by atoms with van der Waals surface area (Å²) in [5.41, 5.74) is 3.70. The van der Waals surface area contributed by atoms with Crippen LogP contribution in [-0.4, -0.2) is 39.7 Å². The van der Waals surface area contributed by atoms with E-state index in [1.54, 1.807) is 50.7 Å². The lowest BCUT2D eigenvalue weighted by Crippen LogP contribution is -2.13. The molecule has 2 aromatic carbocycles. The molecule has 0 aliphatic carbocycles. The third-order valence-electron chi connectivity index (χ3n) is 6.22. The molecule has 39 heavy (non-hydrogen) atoms. The number of benzene rings is 2. The van der Waals surface area contributed by atoms with Gasteiger partial charge in [-0.1, -0.05) is 13.0 Å². The van der Waals surface area contributed by atoms with Crippen molar-refractivity contribution in [1.29, 1.82) is 0 Å². The van der Waals surface area contributed by atoms with Gasteiger partial charge in [0.2, 0.25) is 5.88 Å². The number of anilines is 1. The number of halogens is 1. The first-order valence-corrected chi connectivity index (χ1v) is 12.2. The number of pyridine rings is 1. The van der Waals surface area contributed by atoms with Crippen molar-refractivity contribution in [1.82, 2.24) is 19.6 Å². The van der Waals surface area contributed by atoms with Crippen LogP contribution in [0.3, 0.4) is 0 Å². The Hall–Kier alpha value is -4.99. The van der Waals surface area contributed by atoms with Crippen LogP contribution in [0.25, 0.3) is 16.9 Å². The summed E-state index contributed by atoms with van der Waals surface area (Å²) in [5.74, 6) is 0.625. The molecule has 5 aromatic rings. The van der Waals surface area contributed by atoms with E-state index in [-0.39, 0.29) is 11.3 Å². The van der Waals surface area contributed by atoms with Crippen molar-refractivity contribution in [3.05, 3.63) is 89.5 Å². The molecule has 10 heteroatoms. The number of nitrogens with one attached hydrogen (secondary N) is 1. The largest absolute Gasteiger partial charge is 0.493 e. The summed E-state index contributed by atoms with van der Waals surface area (Å²) in [4.78, 5) is 22.0. The monoisotopic (exact) mass is 527 g/mol. The number of methoxy groups -OCH3 is 2. The van der Waals surface area contributed by atoms with Gasteiger partial charge in [0.25, 0.3) is 5.91 Å². The molecule has 0 aliphatic rings. The van der Waals surface area contributed by atoms with Crippen LogP contribution in [0.4, 0.5) is 10.2 Å². The molecule has 0 bridgehead atoms. The van der Waals surface area contributed by atoms with E-state index in [4.69, 9.17) is 14.2 Å². The SMILES string of the molecule is CCc1c(C)nc2ccnn2c1Oc1ccc(C(=O)Nc2cccc(-c3ccc(OC)c(OC)c3)n2)cc1F. The molecule has 0 radical (unpaired) electrons. The Morgan fingerprint density at radius 2 is 1.77 bits per heavy atom. The van der Waals surface area contributed by atoms with Crippen LogP contribution in [0.2, 0.25) is 0 Å². The predicted octanol–water partition coefficient (Wildman–Crippen LogP) is 5.86. The Kier molecular flexibility index (Phi) is 7.09. The highest BCUT2D eigenvalue weighted by molar-refractivity contribution is 6.04. The van der Waals surface area contributed by atoms with Crippen molar-refractivity contribution < 1.29 is 23.4 Å². The van der Waals surface area contributed by atoms with E-state index in [9.17, 15) is 4.79 Å². The molecule has 0 unspecified atom stereocenters. The second-order valence-electron chi connectivity index (χ2n) is 8.61. The third kappa shape index (κ3) is 5.08. The smallest absolute Gasteiger partial charge is 0.256 e. The molecule has 5 rings (SSSR count). The summed E-state index contributed by atoms with van der Waals surface area (Å²) < 4.78 is 33.3. The fourth-order valence-electron chi connectivity index (χ4n) is 4.25. The highest BCUT2D eigenvalue weighted by Crippen LogP contribution is 2.33. The Labute approximate surface area is 224 Å². The molecular weight excluding hydrogens is 501 g/mol. The second-order valence-corrected chi connectivity index (χ2v) is 8.61. The van der Waals surface area contributed by atoms with Crippen molar-refractivity contribution in [3.63, 3.8) is 0 Å². The topological polar surface area (TPSA) is 99.9 Å². The number of amides is 1. The molecular formula is C29H26FN5O4. The standard InChI is InChI=1S/C29H26FN5O4/c1-5-20-17(2)32-27-13-14-31-35(27)29(20)39-23-11-10-19(15-21(23)30)28(36)34-26-8-6-7-22(33-26)18-9-12-24(37-3)25(16-18)38-4/h6-16H,5H2,1-4H3,(H,33,34,36). The van der Waals surface area contributed by atoms with Crippen LogP contribution in [0.15, 0.2) is 66.9 Å². The number of hydrogen-bond acceptors (Lipinski definition) is 7. The number of nitrogens with zero attached hydrogens (tertiary/aromatic N) is 4. The maximum absolute atomic E-state index is 15.1. The van der Waals surface area contributed by atoms with E-state index in [0.29, 0.717) is 41.0 Å². The van der Waals surface area contributed by atoms with Gasteiger partial charge in [0.15, 0.2) is 28.7 Å². The minimum atomic E-state index is -0.688. The average molecular weight is 528 g/mol. The minimum absolute atomic E-state index is 0.0303. The van der Waals surface area contributed by atoms with Gasteiger partial charge in [-0.25, -0.2) is 14.4 Å². The van der Waals surface area contributed by atoms with Gasteiger partial charge in [-0.05, 0) is 61.9 Å². The van der Waals surface area contributed by atoms with Crippen LogP contribution in [0.5, 0.6) is 23.1 Å². The summed E-state index contributed by atoms with van der Waals surface area (Å²) in [6.45, 7) is 3.83. The zero-order chi connectivity index (χ0) is 27.5. The molecule has 0 saturated heterocycles. The number of carbonyl (C=O) groups is 1. The second kappa shape index (κ2) is 10.8. The number of rotatable bonds is 8. The van der Waals surface area contributed by atoms with E-state index in [1.165, 1.54) is 16.6 Å². The number of aryl methyl sites for hydroxylation is 1. The predicted molar refractivity (Wildman–Crippen MR) is 144 cm³/mol. The molecule has 0 fully saturated rings. The Morgan fingerprint density at radius 1 is 0.974 bits per heavy atom. The summed E-state index contributed by atoms with van der Waals surface area (Å²) in [5, 5.41) is 6.98. The average Bonchev–Trinajstić information content (AvgIpc) is 3.42. The fourth-order valence-corrected chi connectivity index (χ4v) is 4.25. The lowest BCUT2D eigenvalue weighted by molar-refractivity contribution is 0.102. The molecule has 0 spiro atoms. The van der Waals surface area contributed by atoms with E-state index in [1.807, 2.05) is 26.0 Å². The van der Waals surface area contributed by atoms with Crippen LogP contribution >= 0.6 is 0 Å². The summed E-state index contributed by atoms with van der Waals surface area (Å²) >= 11 is 0. The molecule has 1 N–H and O–H groups in total. The first-order chi connectivity index (χ1) is 18.9. The van der Waals surface area contributed by atoms with Crippen LogP contribution in [0.1, 0.15) is 28.5 Å². The van der Waals surface area contributed by atoms with Crippen LogP contribution < -0.4 is 19.5 Å². The molecule has 0 aliphatic heterocycles. The number of ether oxygens (including phenoxy) is 3. The van der Waals surface area contributed by atoms with Crippen molar-refractivity contribution in [3.8, 4) is 34.4 Å². The van der Waals surface area contributed by atoms with E-state index in [0.717, 1.165) is 22.9 Å². The molecule has 3 heterocycles. The maximum atomic E-state index is 15.1. The quantitative estimate of drug-likeness (QED) is 0.270. The van der Waals surface area contributed by atoms with Gasteiger partial charge in [-0.2, -0.15) is 9.61 Å². The van der Waals surface area contributed by atoms with Gasteiger partial charge in [-0.3, -0.25) is 4.79 Å². The normalized spacial score (nSPS) is 10.9. The highest BCUT2D eigenvalue weighted by atomic mass is 19.1. The zero-order valence-electron chi connectivity index (χ0n) is 21.9. The first-order valence-electron chi connectivity index (χ1n) is 12.2. The molecule has 0 atom stereocenters. The van der Waals surface area contributed by atoms with E-state index < -0.39 is 11.7 Å². The Bertz CT molecular complexity index is 1680. The van der Waals surface area contributed by atoms with Gasteiger partial charge in [-0.15, -0.1) is 0 Å². The first kappa shape index (κ1) is 25.7. The molecule has 0 saturated carbocycles. The molecule has 9 nitrogen and oxygen atoms in total. The Balaban J connectivity index is 1.36. The molecule has 198 valence electrons.